The van der Waals surface area contributed by atoms with Gasteiger partial charge in [0.05, 0.1) is 0 Å². The maximum Gasteiger partial charge on any atom is 0.312 e. The van der Waals surface area contributed by atoms with Crippen molar-refractivity contribution in [2.75, 3.05) is 13.2 Å². The molecular weight excluding hydrogens is 328 g/mol. The summed E-state index contributed by atoms with van der Waals surface area (Å²) in [5, 5.41) is 12.4. The number of likely N-dealkylation sites (tertiary alicyclic amines) is 1. The zero-order valence-electron chi connectivity index (χ0n) is 16.1. The van der Waals surface area contributed by atoms with Gasteiger partial charge in [-0.05, 0) is 94.3 Å². The summed E-state index contributed by atoms with van der Waals surface area (Å²) in [4.78, 5) is 27.2. The van der Waals surface area contributed by atoms with Crippen LogP contribution in [-0.4, -0.2) is 47.1 Å². The number of piperidine rings is 1. The highest BCUT2D eigenvalue weighted by molar-refractivity contribution is 6.35. The topological polar surface area (TPSA) is 69.6 Å². The van der Waals surface area contributed by atoms with Gasteiger partial charge in [-0.2, -0.15) is 0 Å². The number of aliphatic hydroxyl groups is 1. The molecule has 1 saturated heterocycles. The SMILES string of the molecule is CC(NC(=O)C(=O)N1CCCCC1CCO)C12CC3CC(CC(C3)C1)C2. The van der Waals surface area contributed by atoms with Crippen molar-refractivity contribution in [3.63, 3.8) is 0 Å². The van der Waals surface area contributed by atoms with Gasteiger partial charge < -0.3 is 15.3 Å². The van der Waals surface area contributed by atoms with Crippen LogP contribution in [-0.2, 0) is 9.59 Å². The normalized spacial score (nSPS) is 39.7. The lowest BCUT2D eigenvalue weighted by molar-refractivity contribution is -0.150. The number of carbonyl (C=O) groups excluding carboxylic acids is 2. The lowest BCUT2D eigenvalue weighted by Crippen LogP contribution is -2.58. The first kappa shape index (κ1) is 18.3. The standard InChI is InChI=1S/C21H34N2O3/c1-14(21-11-15-8-16(12-21)10-17(9-15)13-21)22-19(25)20(26)23-6-3-2-4-18(23)5-7-24/h14-18,24H,2-13H2,1H3,(H,22,25). The molecule has 1 aliphatic heterocycles. The Labute approximate surface area is 156 Å². The second-order valence-corrected chi connectivity index (χ2v) is 9.64. The molecule has 146 valence electrons. The van der Waals surface area contributed by atoms with E-state index in [1.807, 2.05) is 0 Å². The van der Waals surface area contributed by atoms with Gasteiger partial charge >= 0.3 is 11.8 Å². The number of hydrogen-bond acceptors (Lipinski definition) is 3. The molecule has 0 aromatic heterocycles. The predicted molar refractivity (Wildman–Crippen MR) is 99.3 cm³/mol. The maximum absolute atomic E-state index is 12.8. The number of nitrogens with one attached hydrogen (secondary N) is 1. The molecule has 5 rings (SSSR count). The van der Waals surface area contributed by atoms with Crippen molar-refractivity contribution in [3.8, 4) is 0 Å². The molecule has 2 unspecified atom stereocenters. The average Bonchev–Trinajstić information content (AvgIpc) is 2.60. The van der Waals surface area contributed by atoms with Crippen LogP contribution in [0.3, 0.4) is 0 Å². The third-order valence-corrected chi connectivity index (χ3v) is 7.90. The van der Waals surface area contributed by atoms with E-state index < -0.39 is 5.91 Å². The van der Waals surface area contributed by atoms with Crippen LogP contribution in [0.4, 0.5) is 0 Å². The molecule has 2 N–H and O–H groups in total. The third-order valence-electron chi connectivity index (χ3n) is 7.90. The molecule has 1 heterocycles. The van der Waals surface area contributed by atoms with E-state index >= 15 is 0 Å². The van der Waals surface area contributed by atoms with Crippen molar-refractivity contribution in [2.45, 2.75) is 83.2 Å². The van der Waals surface area contributed by atoms with E-state index in [1.165, 1.54) is 38.5 Å². The average molecular weight is 363 g/mol. The Balaban J connectivity index is 1.40. The molecular formula is C21H34N2O3. The summed E-state index contributed by atoms with van der Waals surface area (Å²) in [6, 6.07) is 0.0929. The molecule has 5 nitrogen and oxygen atoms in total. The molecule has 5 aliphatic rings. The Morgan fingerprint density at radius 2 is 1.73 bits per heavy atom. The number of aliphatic hydroxyl groups excluding tert-OH is 1. The highest BCUT2D eigenvalue weighted by atomic mass is 16.3. The molecule has 4 aliphatic carbocycles. The summed E-state index contributed by atoms with van der Waals surface area (Å²) < 4.78 is 0. The first-order chi connectivity index (χ1) is 12.5. The Kier molecular flexibility index (Phi) is 5.02. The zero-order chi connectivity index (χ0) is 18.3. The Morgan fingerprint density at radius 3 is 2.31 bits per heavy atom. The second-order valence-electron chi connectivity index (χ2n) is 9.64. The quantitative estimate of drug-likeness (QED) is 0.755. The van der Waals surface area contributed by atoms with E-state index in [1.54, 1.807) is 4.90 Å². The summed E-state index contributed by atoms with van der Waals surface area (Å²) in [6.45, 7) is 2.84. The van der Waals surface area contributed by atoms with Gasteiger partial charge in [0.2, 0.25) is 0 Å². The molecule has 4 bridgehead atoms. The molecule has 26 heavy (non-hydrogen) atoms. The van der Waals surface area contributed by atoms with Gasteiger partial charge in [0.15, 0.2) is 0 Å². The molecule has 4 saturated carbocycles. The van der Waals surface area contributed by atoms with E-state index in [0.29, 0.717) is 13.0 Å². The minimum atomic E-state index is -0.432. The molecule has 2 amide bonds. The molecule has 5 fully saturated rings. The number of hydrogen-bond donors (Lipinski definition) is 2. The second kappa shape index (κ2) is 7.14. The van der Waals surface area contributed by atoms with E-state index in [9.17, 15) is 14.7 Å². The highest BCUT2D eigenvalue weighted by Crippen LogP contribution is 2.61. The largest absolute Gasteiger partial charge is 0.396 e. The first-order valence-corrected chi connectivity index (χ1v) is 10.7. The molecule has 2 atom stereocenters. The van der Waals surface area contributed by atoms with Crippen molar-refractivity contribution in [1.82, 2.24) is 10.2 Å². The van der Waals surface area contributed by atoms with Gasteiger partial charge in [0.1, 0.15) is 0 Å². The fourth-order valence-corrected chi connectivity index (χ4v) is 6.97. The van der Waals surface area contributed by atoms with Crippen LogP contribution in [0.25, 0.3) is 0 Å². The van der Waals surface area contributed by atoms with Gasteiger partial charge in [0, 0.05) is 25.2 Å². The van der Waals surface area contributed by atoms with Crippen molar-refractivity contribution < 1.29 is 14.7 Å². The van der Waals surface area contributed by atoms with Crippen molar-refractivity contribution in [1.29, 1.82) is 0 Å². The van der Waals surface area contributed by atoms with E-state index in [4.69, 9.17) is 0 Å². The van der Waals surface area contributed by atoms with Gasteiger partial charge in [-0.15, -0.1) is 0 Å². The Bertz CT molecular complexity index is 524. The Morgan fingerprint density at radius 1 is 1.12 bits per heavy atom. The number of nitrogens with zero attached hydrogens (tertiary/aromatic N) is 1. The van der Waals surface area contributed by atoms with Crippen LogP contribution in [0.5, 0.6) is 0 Å². The van der Waals surface area contributed by atoms with E-state index in [2.05, 4.69) is 12.2 Å². The predicted octanol–water partition coefficient (Wildman–Crippen LogP) is 2.47. The zero-order valence-corrected chi connectivity index (χ0v) is 16.1. The summed E-state index contributed by atoms with van der Waals surface area (Å²) >= 11 is 0. The maximum atomic E-state index is 12.8. The summed E-state index contributed by atoms with van der Waals surface area (Å²) in [5.41, 5.74) is 0.219. The molecule has 0 aromatic rings. The monoisotopic (exact) mass is 362 g/mol. The van der Waals surface area contributed by atoms with Gasteiger partial charge in [-0.3, -0.25) is 9.59 Å². The molecule has 0 aromatic carbocycles. The van der Waals surface area contributed by atoms with Crippen molar-refractivity contribution >= 4 is 11.8 Å². The van der Waals surface area contributed by atoms with Crippen LogP contribution in [0.2, 0.25) is 0 Å². The lowest BCUT2D eigenvalue weighted by atomic mass is 9.48. The number of amides is 2. The van der Waals surface area contributed by atoms with Crippen LogP contribution in [0, 0.1) is 23.2 Å². The fourth-order valence-electron chi connectivity index (χ4n) is 6.97. The minimum Gasteiger partial charge on any atom is -0.396 e. The first-order valence-electron chi connectivity index (χ1n) is 10.7. The molecule has 0 spiro atoms. The van der Waals surface area contributed by atoms with Gasteiger partial charge in [-0.1, -0.05) is 0 Å². The highest BCUT2D eigenvalue weighted by Gasteiger charge is 2.53. The van der Waals surface area contributed by atoms with Gasteiger partial charge in [0.25, 0.3) is 0 Å². The van der Waals surface area contributed by atoms with Crippen molar-refractivity contribution in [2.24, 2.45) is 23.2 Å². The van der Waals surface area contributed by atoms with Crippen LogP contribution < -0.4 is 5.32 Å². The third kappa shape index (κ3) is 3.28. The summed E-state index contributed by atoms with van der Waals surface area (Å²) in [5.74, 6) is 1.70. The van der Waals surface area contributed by atoms with Crippen molar-refractivity contribution in [3.05, 3.63) is 0 Å². The van der Waals surface area contributed by atoms with Crippen LogP contribution in [0.15, 0.2) is 0 Å². The van der Waals surface area contributed by atoms with Crippen LogP contribution >= 0.6 is 0 Å². The smallest absolute Gasteiger partial charge is 0.312 e. The number of rotatable bonds is 4. The molecule has 5 heteroatoms. The number of carbonyl (C=O) groups is 2. The Hall–Kier alpha value is -1.10. The van der Waals surface area contributed by atoms with Crippen LogP contribution in [0.1, 0.15) is 71.1 Å². The van der Waals surface area contributed by atoms with E-state index in [-0.39, 0.29) is 30.0 Å². The minimum absolute atomic E-state index is 0.0156. The summed E-state index contributed by atoms with van der Waals surface area (Å²) in [7, 11) is 0. The molecule has 0 radical (unpaired) electrons. The lowest BCUT2D eigenvalue weighted by Gasteiger charge is -2.59. The summed E-state index contributed by atoms with van der Waals surface area (Å²) in [6.07, 6.45) is 11.3. The fraction of sp³-hybridized carbons (Fsp3) is 0.905. The van der Waals surface area contributed by atoms with Gasteiger partial charge in [-0.25, -0.2) is 0 Å². The van der Waals surface area contributed by atoms with E-state index in [0.717, 1.165) is 37.0 Å².